The Kier molecular flexibility index (Phi) is 6.60. The molecular weight excluding hydrogens is 432 g/mol. The number of amides is 1. The Labute approximate surface area is 189 Å². The minimum absolute atomic E-state index is 0.206. The van der Waals surface area contributed by atoms with Crippen molar-refractivity contribution in [3.63, 3.8) is 0 Å². The molecular formula is C24H25F2N3O4. The number of nitrogens with zero attached hydrogens (tertiary/aromatic N) is 1. The highest BCUT2D eigenvalue weighted by Gasteiger charge is 2.20. The molecule has 7 nitrogen and oxygen atoms in total. The van der Waals surface area contributed by atoms with Crippen LogP contribution >= 0.6 is 0 Å². The summed E-state index contributed by atoms with van der Waals surface area (Å²) in [4.78, 5) is 26.9. The van der Waals surface area contributed by atoms with Crippen molar-refractivity contribution in [3.05, 3.63) is 63.8 Å². The van der Waals surface area contributed by atoms with Crippen molar-refractivity contribution >= 4 is 34.1 Å². The molecule has 0 spiro atoms. The van der Waals surface area contributed by atoms with Gasteiger partial charge in [-0.25, -0.2) is 8.78 Å². The van der Waals surface area contributed by atoms with E-state index < -0.39 is 17.7 Å². The SMILES string of the molecule is CCC(=O)Nc1cc(C(C)Nc2cc(F)cc(F)c2)c2oc(N3CCOCC3)cc(=O)c2c1. The van der Waals surface area contributed by atoms with Gasteiger partial charge in [-0.2, -0.15) is 0 Å². The molecule has 2 N–H and O–H groups in total. The molecule has 0 saturated carbocycles. The number of carbonyl (C=O) groups excluding carboxylic acids is 1. The first-order valence-electron chi connectivity index (χ1n) is 10.8. The standard InChI is InChI=1S/C24H25F2N3O4/c1-3-22(31)28-18-11-19(14(2)27-17-9-15(25)8-16(26)10-17)24-20(12-18)21(30)13-23(33-24)29-4-6-32-7-5-29/h8-14,27H,3-7H2,1-2H3,(H,28,31). The van der Waals surface area contributed by atoms with Crippen LogP contribution in [0, 0.1) is 11.6 Å². The van der Waals surface area contributed by atoms with E-state index in [1.807, 2.05) is 4.90 Å². The molecule has 0 radical (unpaired) electrons. The Bertz CT molecular complexity index is 1220. The van der Waals surface area contributed by atoms with Crippen molar-refractivity contribution < 1.29 is 22.7 Å². The van der Waals surface area contributed by atoms with E-state index in [4.69, 9.17) is 9.15 Å². The number of fused-ring (bicyclic) bond motifs is 1. The molecule has 1 fully saturated rings. The lowest BCUT2D eigenvalue weighted by molar-refractivity contribution is -0.115. The van der Waals surface area contributed by atoms with Crippen molar-refractivity contribution in [1.29, 1.82) is 0 Å². The lowest BCUT2D eigenvalue weighted by Gasteiger charge is -2.27. The Hall–Kier alpha value is -3.46. The summed E-state index contributed by atoms with van der Waals surface area (Å²) < 4.78 is 38.9. The van der Waals surface area contributed by atoms with Gasteiger partial charge < -0.3 is 24.7 Å². The van der Waals surface area contributed by atoms with Crippen LogP contribution in [-0.2, 0) is 9.53 Å². The first-order valence-corrected chi connectivity index (χ1v) is 10.8. The van der Waals surface area contributed by atoms with E-state index in [0.29, 0.717) is 54.4 Å². The maximum Gasteiger partial charge on any atom is 0.224 e. The number of rotatable bonds is 6. The van der Waals surface area contributed by atoms with Gasteiger partial charge in [-0.3, -0.25) is 9.59 Å². The van der Waals surface area contributed by atoms with Crippen LogP contribution in [0.1, 0.15) is 31.9 Å². The largest absolute Gasteiger partial charge is 0.440 e. The highest BCUT2D eigenvalue weighted by Crippen LogP contribution is 2.32. The zero-order valence-corrected chi connectivity index (χ0v) is 18.4. The van der Waals surface area contributed by atoms with E-state index in [1.54, 1.807) is 26.0 Å². The van der Waals surface area contributed by atoms with E-state index in [1.165, 1.54) is 18.2 Å². The van der Waals surface area contributed by atoms with Gasteiger partial charge in [0.1, 0.15) is 17.2 Å². The number of ether oxygens (including phenoxy) is 1. The summed E-state index contributed by atoms with van der Waals surface area (Å²) in [6.45, 7) is 5.74. The zero-order chi connectivity index (χ0) is 23.5. The van der Waals surface area contributed by atoms with E-state index in [0.717, 1.165) is 6.07 Å². The van der Waals surface area contributed by atoms with Gasteiger partial charge in [-0.05, 0) is 31.2 Å². The molecule has 1 unspecified atom stereocenters. The number of morpholine rings is 1. The second kappa shape index (κ2) is 9.58. The monoisotopic (exact) mass is 457 g/mol. The summed E-state index contributed by atoms with van der Waals surface area (Å²) in [7, 11) is 0. The lowest BCUT2D eigenvalue weighted by atomic mass is 10.0. The average molecular weight is 457 g/mol. The van der Waals surface area contributed by atoms with Gasteiger partial charge in [0.2, 0.25) is 5.91 Å². The fraction of sp³-hybridized carbons (Fsp3) is 0.333. The van der Waals surface area contributed by atoms with E-state index in [9.17, 15) is 18.4 Å². The predicted molar refractivity (Wildman–Crippen MR) is 123 cm³/mol. The molecule has 0 bridgehead atoms. The second-order valence-corrected chi connectivity index (χ2v) is 7.92. The predicted octanol–water partition coefficient (Wildman–Crippen LogP) is 4.43. The van der Waals surface area contributed by atoms with Crippen LogP contribution in [0.25, 0.3) is 11.0 Å². The van der Waals surface area contributed by atoms with E-state index in [2.05, 4.69) is 10.6 Å². The fourth-order valence-electron chi connectivity index (χ4n) is 3.82. The Morgan fingerprint density at radius 3 is 2.42 bits per heavy atom. The number of nitrogens with one attached hydrogen (secondary N) is 2. The van der Waals surface area contributed by atoms with Gasteiger partial charge in [0.25, 0.3) is 0 Å². The fourth-order valence-corrected chi connectivity index (χ4v) is 3.82. The Morgan fingerprint density at radius 1 is 1.06 bits per heavy atom. The smallest absolute Gasteiger partial charge is 0.224 e. The van der Waals surface area contributed by atoms with Crippen LogP contribution in [0.4, 0.5) is 26.0 Å². The summed E-state index contributed by atoms with van der Waals surface area (Å²) in [5.74, 6) is -1.20. The van der Waals surface area contributed by atoms with Gasteiger partial charge in [-0.15, -0.1) is 0 Å². The van der Waals surface area contributed by atoms with Crippen molar-refractivity contribution in [2.24, 2.45) is 0 Å². The molecule has 1 aromatic heterocycles. The van der Waals surface area contributed by atoms with Crippen LogP contribution in [0.5, 0.6) is 0 Å². The summed E-state index contributed by atoms with van der Waals surface area (Å²) >= 11 is 0. The first-order chi connectivity index (χ1) is 15.8. The molecule has 1 amide bonds. The molecule has 2 aromatic carbocycles. The highest BCUT2D eigenvalue weighted by molar-refractivity contribution is 5.94. The Morgan fingerprint density at radius 2 is 1.76 bits per heavy atom. The van der Waals surface area contributed by atoms with Crippen LogP contribution in [0.3, 0.4) is 0 Å². The van der Waals surface area contributed by atoms with Gasteiger partial charge in [0.15, 0.2) is 11.3 Å². The molecule has 1 saturated heterocycles. The maximum atomic E-state index is 13.7. The molecule has 1 aliphatic rings. The number of hydrogen-bond acceptors (Lipinski definition) is 6. The first kappa shape index (κ1) is 22.7. The molecule has 2 heterocycles. The number of halogens is 2. The lowest BCUT2D eigenvalue weighted by Crippen LogP contribution is -2.36. The molecule has 9 heteroatoms. The van der Waals surface area contributed by atoms with E-state index in [-0.39, 0.29) is 23.4 Å². The number of benzene rings is 2. The maximum absolute atomic E-state index is 13.7. The van der Waals surface area contributed by atoms with Crippen molar-refractivity contribution in [1.82, 2.24) is 0 Å². The zero-order valence-electron chi connectivity index (χ0n) is 18.4. The topological polar surface area (TPSA) is 83.8 Å². The third kappa shape index (κ3) is 5.14. The third-order valence-electron chi connectivity index (χ3n) is 5.48. The Balaban J connectivity index is 1.81. The molecule has 1 atom stereocenters. The van der Waals surface area contributed by atoms with Crippen LogP contribution in [0.2, 0.25) is 0 Å². The summed E-state index contributed by atoms with van der Waals surface area (Å²) in [5.41, 5.74) is 1.33. The number of anilines is 3. The minimum atomic E-state index is -0.709. The van der Waals surface area contributed by atoms with Gasteiger partial charge in [0, 0.05) is 48.6 Å². The van der Waals surface area contributed by atoms with Crippen molar-refractivity contribution in [2.45, 2.75) is 26.3 Å². The van der Waals surface area contributed by atoms with E-state index >= 15 is 0 Å². The average Bonchev–Trinajstić information content (AvgIpc) is 2.78. The second-order valence-electron chi connectivity index (χ2n) is 7.92. The highest BCUT2D eigenvalue weighted by atomic mass is 19.1. The van der Waals surface area contributed by atoms with Crippen LogP contribution in [0.15, 0.2) is 45.6 Å². The summed E-state index contributed by atoms with van der Waals surface area (Å²) in [6.07, 6.45) is 0.272. The normalized spacial score (nSPS) is 14.8. The van der Waals surface area contributed by atoms with Crippen molar-refractivity contribution in [2.75, 3.05) is 41.8 Å². The molecule has 0 aliphatic carbocycles. The minimum Gasteiger partial charge on any atom is -0.440 e. The molecule has 1 aliphatic heterocycles. The third-order valence-corrected chi connectivity index (χ3v) is 5.48. The number of carbonyl (C=O) groups is 1. The number of hydrogen-bond donors (Lipinski definition) is 2. The summed E-state index contributed by atoms with van der Waals surface area (Å²) in [5, 5.41) is 6.13. The van der Waals surface area contributed by atoms with Crippen LogP contribution in [-0.4, -0.2) is 32.2 Å². The van der Waals surface area contributed by atoms with Gasteiger partial charge in [-0.1, -0.05) is 6.92 Å². The van der Waals surface area contributed by atoms with Gasteiger partial charge in [0.05, 0.1) is 24.6 Å². The molecule has 174 valence electrons. The quantitative estimate of drug-likeness (QED) is 0.570. The summed E-state index contributed by atoms with van der Waals surface area (Å²) in [6, 6.07) is 7.36. The van der Waals surface area contributed by atoms with Crippen molar-refractivity contribution in [3.8, 4) is 0 Å². The van der Waals surface area contributed by atoms with Gasteiger partial charge >= 0.3 is 0 Å². The molecule has 4 rings (SSSR count). The van der Waals surface area contributed by atoms with Crippen LogP contribution < -0.4 is 21.0 Å². The molecule has 3 aromatic rings. The molecule has 33 heavy (non-hydrogen) atoms.